The molecule has 3 rings (SSSR count). The molecule has 0 saturated carbocycles. The zero-order chi connectivity index (χ0) is 23.3. The Hall–Kier alpha value is -3.02. The first-order valence-electron chi connectivity index (χ1n) is 9.73. The maximum absolute atomic E-state index is 13.1. The molecule has 0 spiro atoms. The molecule has 0 unspecified atom stereocenters. The van der Waals surface area contributed by atoms with Crippen LogP contribution in [0.5, 0.6) is 11.5 Å². The Morgan fingerprint density at radius 1 is 1.16 bits per heavy atom. The van der Waals surface area contributed by atoms with Crippen LogP contribution in [-0.2, 0) is 4.79 Å². The fourth-order valence-electron chi connectivity index (χ4n) is 2.98. The molecule has 0 saturated heterocycles. The molecule has 2 aromatic heterocycles. The smallest absolute Gasteiger partial charge is 0.324 e. The third-order valence-electron chi connectivity index (χ3n) is 4.55. The van der Waals surface area contributed by atoms with E-state index in [1.807, 2.05) is 20.2 Å². The van der Waals surface area contributed by atoms with Gasteiger partial charge < -0.3 is 14.4 Å². The molecule has 0 aliphatic rings. The molecule has 0 fully saturated rings. The second kappa shape index (κ2) is 10.5. The first kappa shape index (κ1) is 23.6. The summed E-state index contributed by atoms with van der Waals surface area (Å²) in [6.45, 7) is 1.30. The van der Waals surface area contributed by atoms with E-state index in [0.29, 0.717) is 33.6 Å². The number of hydrogen-bond donors (Lipinski definition) is 0. The van der Waals surface area contributed by atoms with Gasteiger partial charge in [-0.05, 0) is 39.2 Å². The Labute approximate surface area is 193 Å². The van der Waals surface area contributed by atoms with Crippen molar-refractivity contribution < 1.29 is 19.2 Å². The third kappa shape index (κ3) is 5.61. The van der Waals surface area contributed by atoms with E-state index >= 15 is 0 Å². The van der Waals surface area contributed by atoms with Gasteiger partial charge in [-0.2, -0.15) is 0 Å². The summed E-state index contributed by atoms with van der Waals surface area (Å²) >= 11 is 2.42. The lowest BCUT2D eigenvalue weighted by atomic mass is 10.3. The van der Waals surface area contributed by atoms with Gasteiger partial charge in [0.05, 0.1) is 29.4 Å². The molecule has 0 aliphatic carbocycles. The van der Waals surface area contributed by atoms with Crippen molar-refractivity contribution in [1.29, 1.82) is 0 Å². The average Bonchev–Trinajstić information content (AvgIpc) is 3.40. The number of methoxy groups -OCH3 is 2. The number of thiophene rings is 1. The van der Waals surface area contributed by atoms with Crippen molar-refractivity contribution in [3.05, 3.63) is 45.3 Å². The van der Waals surface area contributed by atoms with E-state index in [4.69, 9.17) is 9.47 Å². The summed E-state index contributed by atoms with van der Waals surface area (Å²) in [6.07, 6.45) is 3.79. The summed E-state index contributed by atoms with van der Waals surface area (Å²) in [7, 11) is 7.09. The van der Waals surface area contributed by atoms with Gasteiger partial charge in [0.15, 0.2) is 16.6 Å². The van der Waals surface area contributed by atoms with Crippen molar-refractivity contribution in [3.63, 3.8) is 0 Å². The van der Waals surface area contributed by atoms with Crippen LogP contribution >= 0.6 is 22.7 Å². The lowest BCUT2D eigenvalue weighted by Crippen LogP contribution is -2.32. The highest BCUT2D eigenvalue weighted by Crippen LogP contribution is 2.37. The summed E-state index contributed by atoms with van der Waals surface area (Å²) in [4.78, 5) is 32.5. The quantitative estimate of drug-likeness (QED) is 0.245. The number of nitrogens with zero attached hydrogens (tertiary/aromatic N) is 4. The number of anilines is 1. The van der Waals surface area contributed by atoms with E-state index in [0.717, 1.165) is 29.0 Å². The van der Waals surface area contributed by atoms with Crippen LogP contribution in [-0.4, -0.2) is 62.1 Å². The summed E-state index contributed by atoms with van der Waals surface area (Å²) in [5.41, 5.74) is 0.714. The molecule has 9 nitrogen and oxygen atoms in total. The van der Waals surface area contributed by atoms with Crippen molar-refractivity contribution in [2.75, 3.05) is 46.3 Å². The van der Waals surface area contributed by atoms with Crippen LogP contribution in [0.2, 0.25) is 0 Å². The predicted octanol–water partition coefficient (Wildman–Crippen LogP) is 4.28. The minimum Gasteiger partial charge on any atom is -0.493 e. The number of fused-ring (bicyclic) bond motifs is 1. The zero-order valence-corrected chi connectivity index (χ0v) is 19.9. The normalized spacial score (nSPS) is 11.4. The maximum atomic E-state index is 13.1. The topological polar surface area (TPSA) is 98.0 Å². The third-order valence-corrected chi connectivity index (χ3v) is 6.59. The van der Waals surface area contributed by atoms with Crippen molar-refractivity contribution in [3.8, 4) is 11.5 Å². The Morgan fingerprint density at radius 3 is 2.50 bits per heavy atom. The van der Waals surface area contributed by atoms with Gasteiger partial charge in [0, 0.05) is 35.7 Å². The molecule has 170 valence electrons. The van der Waals surface area contributed by atoms with Crippen LogP contribution in [0.1, 0.15) is 11.3 Å². The van der Waals surface area contributed by atoms with Gasteiger partial charge >= 0.3 is 5.00 Å². The Morgan fingerprint density at radius 2 is 1.88 bits per heavy atom. The number of aromatic nitrogens is 1. The van der Waals surface area contributed by atoms with Gasteiger partial charge in [-0.1, -0.05) is 22.7 Å². The van der Waals surface area contributed by atoms with Crippen LogP contribution in [0.25, 0.3) is 16.3 Å². The Bertz CT molecular complexity index is 1100. The minimum absolute atomic E-state index is 0.0361. The van der Waals surface area contributed by atoms with Gasteiger partial charge in [-0.25, -0.2) is 4.98 Å². The van der Waals surface area contributed by atoms with Crippen molar-refractivity contribution >= 4 is 55.0 Å². The number of carbonyl (C=O) groups excluding carboxylic acids is 1. The van der Waals surface area contributed by atoms with Crippen LogP contribution in [0, 0.1) is 10.1 Å². The van der Waals surface area contributed by atoms with E-state index in [1.54, 1.807) is 37.3 Å². The molecule has 2 heterocycles. The highest BCUT2D eigenvalue weighted by molar-refractivity contribution is 7.22. The van der Waals surface area contributed by atoms with E-state index in [9.17, 15) is 14.9 Å². The SMILES string of the molecule is COc1cc2nc(N(CCCN(C)C)C(=O)C=Cc3ccc([N+](=O)[O-])s3)sc2cc1OC. The fourth-order valence-corrected chi connectivity index (χ4v) is 4.71. The number of thiazole rings is 1. The average molecular weight is 477 g/mol. The van der Waals surface area contributed by atoms with E-state index in [1.165, 1.54) is 23.5 Å². The lowest BCUT2D eigenvalue weighted by Gasteiger charge is -2.19. The van der Waals surface area contributed by atoms with E-state index < -0.39 is 4.92 Å². The molecule has 0 radical (unpaired) electrons. The Balaban J connectivity index is 1.89. The zero-order valence-electron chi connectivity index (χ0n) is 18.2. The number of benzene rings is 1. The van der Waals surface area contributed by atoms with Gasteiger partial charge in [-0.15, -0.1) is 0 Å². The number of carbonyl (C=O) groups is 1. The highest BCUT2D eigenvalue weighted by Gasteiger charge is 2.19. The number of rotatable bonds is 10. The molecule has 32 heavy (non-hydrogen) atoms. The molecule has 11 heteroatoms. The van der Waals surface area contributed by atoms with Crippen LogP contribution in [0.15, 0.2) is 30.3 Å². The summed E-state index contributed by atoms with van der Waals surface area (Å²) in [5, 5.41) is 11.5. The van der Waals surface area contributed by atoms with Gasteiger partial charge in [0.2, 0.25) is 0 Å². The summed E-state index contributed by atoms with van der Waals surface area (Å²) < 4.78 is 11.6. The van der Waals surface area contributed by atoms with Gasteiger partial charge in [0.25, 0.3) is 5.91 Å². The number of hydrogen-bond acceptors (Lipinski definition) is 9. The van der Waals surface area contributed by atoms with E-state index in [2.05, 4.69) is 9.88 Å². The van der Waals surface area contributed by atoms with Crippen LogP contribution < -0.4 is 14.4 Å². The first-order chi connectivity index (χ1) is 15.3. The van der Waals surface area contributed by atoms with Crippen molar-refractivity contribution in [1.82, 2.24) is 9.88 Å². The maximum Gasteiger partial charge on any atom is 0.324 e. The Kier molecular flexibility index (Phi) is 7.78. The molecule has 0 atom stereocenters. The lowest BCUT2D eigenvalue weighted by molar-refractivity contribution is -0.380. The largest absolute Gasteiger partial charge is 0.493 e. The second-order valence-corrected chi connectivity index (χ2v) is 9.19. The van der Waals surface area contributed by atoms with Crippen molar-refractivity contribution in [2.24, 2.45) is 0 Å². The van der Waals surface area contributed by atoms with Crippen LogP contribution in [0.4, 0.5) is 10.1 Å². The molecular formula is C21H24N4O5S2. The number of amides is 1. The minimum atomic E-state index is -0.443. The van der Waals surface area contributed by atoms with E-state index in [-0.39, 0.29) is 10.9 Å². The molecule has 0 aliphatic heterocycles. The summed E-state index contributed by atoms with van der Waals surface area (Å²) in [6, 6.07) is 6.69. The molecule has 0 N–H and O–H groups in total. The molecule has 1 amide bonds. The predicted molar refractivity (Wildman–Crippen MR) is 128 cm³/mol. The highest BCUT2D eigenvalue weighted by atomic mass is 32.1. The standard InChI is InChI=1S/C21H24N4O5S2/c1-23(2)10-5-11-24(19(26)8-6-14-7-9-20(31-14)25(27)28)21-22-15-12-16(29-3)17(30-4)13-18(15)32-21/h6-9,12-13H,5,10-11H2,1-4H3. The molecule has 0 bridgehead atoms. The number of ether oxygens (including phenoxy) is 2. The van der Waals surface area contributed by atoms with Crippen LogP contribution in [0.3, 0.4) is 0 Å². The van der Waals surface area contributed by atoms with Gasteiger partial charge in [-0.3, -0.25) is 19.8 Å². The molecular weight excluding hydrogens is 452 g/mol. The molecule has 3 aromatic rings. The second-order valence-electron chi connectivity index (χ2n) is 7.08. The first-order valence-corrected chi connectivity index (χ1v) is 11.4. The molecule has 1 aromatic carbocycles. The van der Waals surface area contributed by atoms with Gasteiger partial charge in [0.1, 0.15) is 0 Å². The summed E-state index contributed by atoms with van der Waals surface area (Å²) in [5.74, 6) is 0.930. The van der Waals surface area contributed by atoms with Crippen molar-refractivity contribution in [2.45, 2.75) is 6.42 Å². The number of nitro groups is 1. The monoisotopic (exact) mass is 476 g/mol. The fraction of sp³-hybridized carbons (Fsp3) is 0.333.